The Labute approximate surface area is 113 Å². The predicted octanol–water partition coefficient (Wildman–Crippen LogP) is 2.40. The number of carboxylic acids is 1. The lowest BCUT2D eigenvalue weighted by atomic mass is 10.1. The van der Waals surface area contributed by atoms with Crippen molar-refractivity contribution in [2.24, 2.45) is 11.8 Å². The quantitative estimate of drug-likeness (QED) is 0.818. The van der Waals surface area contributed by atoms with Crippen LogP contribution in [-0.4, -0.2) is 34.0 Å². The van der Waals surface area contributed by atoms with Crippen molar-refractivity contribution in [3.8, 4) is 0 Å². The Bertz CT molecular complexity index is 453. The third-order valence-electron chi connectivity index (χ3n) is 3.92. The lowest BCUT2D eigenvalue weighted by Crippen LogP contribution is -2.29. The maximum Gasteiger partial charge on any atom is 0.337 e. The molecule has 0 spiro atoms. The number of carboxylic acid groups (broad SMARTS) is 1. The zero-order chi connectivity index (χ0) is 13.2. The molecule has 102 valence electrons. The maximum absolute atomic E-state index is 11.2. The van der Waals surface area contributed by atoms with Crippen LogP contribution in [0.3, 0.4) is 0 Å². The van der Waals surface area contributed by atoms with Gasteiger partial charge in [0.05, 0.1) is 11.3 Å². The van der Waals surface area contributed by atoms with E-state index in [2.05, 4.69) is 9.88 Å². The van der Waals surface area contributed by atoms with Gasteiger partial charge in [0.1, 0.15) is 0 Å². The Balaban J connectivity index is 1.70. The van der Waals surface area contributed by atoms with E-state index >= 15 is 0 Å². The monoisotopic (exact) mass is 260 g/mol. The van der Waals surface area contributed by atoms with Crippen molar-refractivity contribution < 1.29 is 9.90 Å². The molecule has 19 heavy (non-hydrogen) atoms. The molecule has 1 aromatic rings. The summed E-state index contributed by atoms with van der Waals surface area (Å²) in [6.45, 7) is 2.88. The number of aromatic carboxylic acids is 1. The van der Waals surface area contributed by atoms with Crippen molar-refractivity contribution in [1.82, 2.24) is 9.88 Å². The maximum atomic E-state index is 11.2. The van der Waals surface area contributed by atoms with Crippen LogP contribution < -0.4 is 0 Å². The van der Waals surface area contributed by atoms with Crippen molar-refractivity contribution in [3.63, 3.8) is 0 Å². The van der Waals surface area contributed by atoms with Crippen molar-refractivity contribution in [2.45, 2.75) is 32.2 Å². The number of carbonyl (C=O) groups is 1. The fraction of sp³-hybridized carbons (Fsp3) is 0.600. The van der Waals surface area contributed by atoms with E-state index in [0.717, 1.165) is 24.9 Å². The molecule has 3 rings (SSSR count). The van der Waals surface area contributed by atoms with Crippen LogP contribution >= 0.6 is 0 Å². The van der Waals surface area contributed by atoms with E-state index in [1.807, 2.05) is 0 Å². The largest absolute Gasteiger partial charge is 0.478 e. The van der Waals surface area contributed by atoms with Crippen LogP contribution in [0, 0.1) is 11.8 Å². The number of aromatic nitrogens is 1. The highest BCUT2D eigenvalue weighted by molar-refractivity contribution is 5.88. The van der Waals surface area contributed by atoms with E-state index in [1.165, 1.54) is 25.7 Å². The van der Waals surface area contributed by atoms with Gasteiger partial charge in [0.2, 0.25) is 0 Å². The minimum absolute atomic E-state index is 0.346. The Morgan fingerprint density at radius 3 is 2.42 bits per heavy atom. The average Bonchev–Trinajstić information content (AvgIpc) is 3.25. The van der Waals surface area contributed by atoms with E-state index in [0.29, 0.717) is 17.8 Å². The summed E-state index contributed by atoms with van der Waals surface area (Å²) < 4.78 is 0. The van der Waals surface area contributed by atoms with Gasteiger partial charge < -0.3 is 5.11 Å². The van der Waals surface area contributed by atoms with E-state index < -0.39 is 5.97 Å². The standard InChI is InChI=1S/C15H20N2O2/c18-15(19)13-2-1-7-16-14(13)10-17(8-11-3-4-11)9-12-5-6-12/h1-2,7,11-12H,3-6,8-10H2,(H,18,19). The number of hydrogen-bond donors (Lipinski definition) is 1. The first kappa shape index (κ1) is 12.6. The van der Waals surface area contributed by atoms with Gasteiger partial charge in [-0.1, -0.05) is 0 Å². The van der Waals surface area contributed by atoms with Gasteiger partial charge in [-0.05, 0) is 49.7 Å². The van der Waals surface area contributed by atoms with Crippen molar-refractivity contribution in [2.75, 3.05) is 13.1 Å². The lowest BCUT2D eigenvalue weighted by molar-refractivity contribution is 0.0693. The molecule has 2 aliphatic rings. The van der Waals surface area contributed by atoms with Crippen LogP contribution in [0.1, 0.15) is 41.7 Å². The molecule has 0 aromatic carbocycles. The van der Waals surface area contributed by atoms with Crippen molar-refractivity contribution in [3.05, 3.63) is 29.6 Å². The first-order chi connectivity index (χ1) is 9.22. The Morgan fingerprint density at radius 2 is 1.89 bits per heavy atom. The fourth-order valence-corrected chi connectivity index (χ4v) is 2.51. The van der Waals surface area contributed by atoms with Crippen LogP contribution in [0.15, 0.2) is 18.3 Å². The Kier molecular flexibility index (Phi) is 3.51. The molecular weight excluding hydrogens is 240 g/mol. The molecule has 2 fully saturated rings. The molecule has 0 bridgehead atoms. The molecule has 2 saturated carbocycles. The van der Waals surface area contributed by atoms with Gasteiger partial charge in [0.25, 0.3) is 0 Å². The topological polar surface area (TPSA) is 53.4 Å². The summed E-state index contributed by atoms with van der Waals surface area (Å²) in [5.41, 5.74) is 1.05. The molecular formula is C15H20N2O2. The third-order valence-corrected chi connectivity index (χ3v) is 3.92. The molecule has 4 nitrogen and oxygen atoms in total. The van der Waals surface area contributed by atoms with Gasteiger partial charge in [-0.25, -0.2) is 4.79 Å². The van der Waals surface area contributed by atoms with Gasteiger partial charge in [0, 0.05) is 25.8 Å². The zero-order valence-electron chi connectivity index (χ0n) is 11.1. The highest BCUT2D eigenvalue weighted by Gasteiger charge is 2.29. The molecule has 0 aliphatic heterocycles. The summed E-state index contributed by atoms with van der Waals surface area (Å²) in [7, 11) is 0. The molecule has 1 heterocycles. The first-order valence-electron chi connectivity index (χ1n) is 7.12. The van der Waals surface area contributed by atoms with Gasteiger partial charge in [-0.3, -0.25) is 9.88 Å². The lowest BCUT2D eigenvalue weighted by Gasteiger charge is -2.22. The van der Waals surface area contributed by atoms with E-state index in [9.17, 15) is 9.90 Å². The Hall–Kier alpha value is -1.42. The zero-order valence-corrected chi connectivity index (χ0v) is 11.1. The predicted molar refractivity (Wildman–Crippen MR) is 71.9 cm³/mol. The van der Waals surface area contributed by atoms with Gasteiger partial charge in [0.15, 0.2) is 0 Å². The van der Waals surface area contributed by atoms with Crippen LogP contribution in [0.5, 0.6) is 0 Å². The average molecular weight is 260 g/mol. The van der Waals surface area contributed by atoms with Crippen LogP contribution in [-0.2, 0) is 6.54 Å². The number of hydrogen-bond acceptors (Lipinski definition) is 3. The summed E-state index contributed by atoms with van der Waals surface area (Å²) in [5, 5.41) is 9.21. The minimum Gasteiger partial charge on any atom is -0.478 e. The number of nitrogens with zero attached hydrogens (tertiary/aromatic N) is 2. The van der Waals surface area contributed by atoms with Crippen LogP contribution in [0.25, 0.3) is 0 Å². The second kappa shape index (κ2) is 5.29. The third kappa shape index (κ3) is 3.53. The summed E-state index contributed by atoms with van der Waals surface area (Å²) in [6, 6.07) is 3.34. The first-order valence-corrected chi connectivity index (χ1v) is 7.12. The fourth-order valence-electron chi connectivity index (χ4n) is 2.51. The molecule has 0 unspecified atom stereocenters. The minimum atomic E-state index is -0.874. The number of rotatable bonds is 7. The SMILES string of the molecule is O=C(O)c1cccnc1CN(CC1CC1)CC1CC1. The molecule has 1 N–H and O–H groups in total. The van der Waals surface area contributed by atoms with Crippen molar-refractivity contribution >= 4 is 5.97 Å². The van der Waals surface area contributed by atoms with E-state index in [1.54, 1.807) is 18.3 Å². The molecule has 0 saturated heterocycles. The Morgan fingerprint density at radius 1 is 1.26 bits per heavy atom. The highest BCUT2D eigenvalue weighted by atomic mass is 16.4. The summed E-state index contributed by atoms with van der Waals surface area (Å²) >= 11 is 0. The summed E-state index contributed by atoms with van der Waals surface area (Å²) in [4.78, 5) is 17.9. The highest BCUT2D eigenvalue weighted by Crippen LogP contribution is 2.34. The normalized spacial score (nSPS) is 18.8. The van der Waals surface area contributed by atoms with E-state index in [-0.39, 0.29) is 0 Å². The second-order valence-electron chi connectivity index (χ2n) is 5.88. The second-order valence-corrected chi connectivity index (χ2v) is 5.88. The molecule has 0 atom stereocenters. The molecule has 0 amide bonds. The molecule has 2 aliphatic carbocycles. The van der Waals surface area contributed by atoms with Gasteiger partial charge in [-0.2, -0.15) is 0 Å². The summed E-state index contributed by atoms with van der Waals surface area (Å²) in [6.07, 6.45) is 7.00. The number of pyridine rings is 1. The van der Waals surface area contributed by atoms with Crippen LogP contribution in [0.2, 0.25) is 0 Å². The van der Waals surface area contributed by atoms with Crippen molar-refractivity contribution in [1.29, 1.82) is 0 Å². The van der Waals surface area contributed by atoms with Gasteiger partial charge >= 0.3 is 5.97 Å². The molecule has 0 radical (unpaired) electrons. The van der Waals surface area contributed by atoms with Crippen LogP contribution in [0.4, 0.5) is 0 Å². The smallest absolute Gasteiger partial charge is 0.337 e. The summed E-state index contributed by atoms with van der Waals surface area (Å²) in [5.74, 6) is 0.785. The van der Waals surface area contributed by atoms with Gasteiger partial charge in [-0.15, -0.1) is 0 Å². The van der Waals surface area contributed by atoms with E-state index in [4.69, 9.17) is 0 Å². The molecule has 4 heteroatoms. The molecule has 1 aromatic heterocycles.